The van der Waals surface area contributed by atoms with Gasteiger partial charge in [-0.05, 0) is 30.4 Å². The van der Waals surface area contributed by atoms with Gasteiger partial charge in [0.2, 0.25) is 5.95 Å². The average Bonchev–Trinajstić information content (AvgIpc) is 2.72. The Hall–Kier alpha value is -2.87. The molecule has 3 aromatic heterocycles. The Balaban J connectivity index is 1.49. The van der Waals surface area contributed by atoms with Crippen molar-refractivity contribution in [3.8, 4) is 5.69 Å². The summed E-state index contributed by atoms with van der Waals surface area (Å²) in [5.41, 5.74) is 0.666. The Labute approximate surface area is 162 Å². The van der Waals surface area contributed by atoms with E-state index >= 15 is 0 Å². The maximum absolute atomic E-state index is 11.8. The van der Waals surface area contributed by atoms with Crippen molar-refractivity contribution in [2.75, 3.05) is 30.0 Å². The van der Waals surface area contributed by atoms with Gasteiger partial charge >= 0.3 is 0 Å². The Kier molecular flexibility index (Phi) is 6.43. The third-order valence-corrected chi connectivity index (χ3v) is 4.63. The molecule has 0 aliphatic rings. The number of nitrogens with one attached hydrogen (secondary N) is 2. The van der Waals surface area contributed by atoms with E-state index in [9.17, 15) is 4.79 Å². The Bertz CT molecular complexity index is 910. The summed E-state index contributed by atoms with van der Waals surface area (Å²) in [6.45, 7) is 3.64. The second kappa shape index (κ2) is 9.18. The molecule has 3 rings (SSSR count). The minimum Gasteiger partial charge on any atom is -0.370 e. The Morgan fingerprint density at radius 1 is 1.04 bits per heavy atom. The first kappa shape index (κ1) is 18.9. The van der Waals surface area contributed by atoms with Crippen molar-refractivity contribution in [3.63, 3.8) is 0 Å². The van der Waals surface area contributed by atoms with Gasteiger partial charge in [-0.3, -0.25) is 9.36 Å². The van der Waals surface area contributed by atoms with Crippen LogP contribution in [0.5, 0.6) is 0 Å². The molecule has 2 N–H and O–H groups in total. The summed E-state index contributed by atoms with van der Waals surface area (Å²) in [7, 11) is 0. The second-order valence-electron chi connectivity index (χ2n) is 6.12. The molecule has 0 aliphatic heterocycles. The first-order chi connectivity index (χ1) is 13.2. The lowest BCUT2D eigenvalue weighted by Gasteiger charge is -2.14. The molecule has 1 unspecified atom stereocenters. The molecular formula is C19H22N6OS. The van der Waals surface area contributed by atoms with Gasteiger partial charge in [-0.1, -0.05) is 13.0 Å². The van der Waals surface area contributed by atoms with E-state index in [4.69, 9.17) is 0 Å². The van der Waals surface area contributed by atoms with E-state index < -0.39 is 0 Å². The summed E-state index contributed by atoms with van der Waals surface area (Å²) < 4.78 is 1.56. The second-order valence-corrected chi connectivity index (χ2v) is 7.00. The zero-order chi connectivity index (χ0) is 19.1. The zero-order valence-corrected chi connectivity index (χ0v) is 16.1. The Morgan fingerprint density at radius 2 is 1.81 bits per heavy atom. The smallest absolute Gasteiger partial charge is 0.255 e. The highest BCUT2D eigenvalue weighted by atomic mass is 32.2. The maximum Gasteiger partial charge on any atom is 0.255 e. The van der Waals surface area contributed by atoms with Crippen LogP contribution >= 0.6 is 11.8 Å². The van der Waals surface area contributed by atoms with Crippen LogP contribution in [-0.4, -0.2) is 38.9 Å². The molecule has 0 radical (unpaired) electrons. The standard InChI is InChI=1S/C19H22N6OS/c1-14(10-22-19-23-12-16(27-2)13-24-19)9-20-17-7-6-15(11-21-17)25-8-4-3-5-18(25)26/h3-8,11-14H,9-10H2,1-2H3,(H,20,21)(H,22,23,24). The number of rotatable bonds is 8. The number of thioether (sulfide) groups is 1. The highest BCUT2D eigenvalue weighted by molar-refractivity contribution is 7.98. The molecule has 3 heterocycles. The van der Waals surface area contributed by atoms with E-state index in [0.717, 1.165) is 29.5 Å². The van der Waals surface area contributed by atoms with Gasteiger partial charge in [-0.25, -0.2) is 15.0 Å². The van der Waals surface area contributed by atoms with Gasteiger partial charge in [0.1, 0.15) is 5.82 Å². The van der Waals surface area contributed by atoms with Gasteiger partial charge in [0, 0.05) is 42.6 Å². The van der Waals surface area contributed by atoms with Gasteiger partial charge in [0.25, 0.3) is 5.56 Å². The number of hydrogen-bond donors (Lipinski definition) is 2. The first-order valence-electron chi connectivity index (χ1n) is 8.63. The van der Waals surface area contributed by atoms with Crippen LogP contribution in [0.4, 0.5) is 11.8 Å². The van der Waals surface area contributed by atoms with Crippen molar-refractivity contribution in [2.45, 2.75) is 11.8 Å². The molecule has 0 aromatic carbocycles. The van der Waals surface area contributed by atoms with Crippen molar-refractivity contribution in [1.29, 1.82) is 0 Å². The van der Waals surface area contributed by atoms with Gasteiger partial charge in [-0.2, -0.15) is 0 Å². The van der Waals surface area contributed by atoms with Crippen molar-refractivity contribution < 1.29 is 0 Å². The maximum atomic E-state index is 11.8. The normalized spacial score (nSPS) is 11.8. The monoisotopic (exact) mass is 382 g/mol. The van der Waals surface area contributed by atoms with Gasteiger partial charge in [-0.15, -0.1) is 11.8 Å². The number of pyridine rings is 2. The molecule has 0 aliphatic carbocycles. The number of hydrogen-bond acceptors (Lipinski definition) is 7. The summed E-state index contributed by atoms with van der Waals surface area (Å²) in [5.74, 6) is 1.76. The van der Waals surface area contributed by atoms with Crippen molar-refractivity contribution in [1.82, 2.24) is 19.5 Å². The lowest BCUT2D eigenvalue weighted by molar-refractivity contribution is 0.644. The largest absolute Gasteiger partial charge is 0.370 e. The molecule has 3 aromatic rings. The van der Waals surface area contributed by atoms with Crippen molar-refractivity contribution in [3.05, 3.63) is 65.5 Å². The van der Waals surface area contributed by atoms with Gasteiger partial charge in [0.05, 0.1) is 11.9 Å². The molecule has 0 amide bonds. The number of aromatic nitrogens is 4. The molecule has 0 saturated carbocycles. The van der Waals surface area contributed by atoms with Crippen LogP contribution in [0.3, 0.4) is 0 Å². The van der Waals surface area contributed by atoms with E-state index in [0.29, 0.717) is 11.9 Å². The summed E-state index contributed by atoms with van der Waals surface area (Å²) in [6, 6.07) is 8.82. The first-order valence-corrected chi connectivity index (χ1v) is 9.86. The molecule has 140 valence electrons. The predicted octanol–water partition coefficient (Wildman–Crippen LogP) is 2.90. The van der Waals surface area contributed by atoms with Crippen LogP contribution in [-0.2, 0) is 0 Å². The molecule has 1 atom stereocenters. The highest BCUT2D eigenvalue weighted by Gasteiger charge is 2.05. The lowest BCUT2D eigenvalue weighted by atomic mass is 10.2. The molecule has 0 fully saturated rings. The van der Waals surface area contributed by atoms with E-state index in [1.165, 1.54) is 6.07 Å². The van der Waals surface area contributed by atoms with Gasteiger partial charge in [0.15, 0.2) is 0 Å². The van der Waals surface area contributed by atoms with Crippen LogP contribution in [0.25, 0.3) is 5.69 Å². The van der Waals surface area contributed by atoms with Crippen LogP contribution in [0, 0.1) is 5.92 Å². The molecule has 8 heteroatoms. The highest BCUT2D eigenvalue weighted by Crippen LogP contribution is 2.12. The molecule has 7 nitrogen and oxygen atoms in total. The fraction of sp³-hybridized carbons (Fsp3) is 0.263. The molecular weight excluding hydrogens is 360 g/mol. The third-order valence-electron chi connectivity index (χ3n) is 3.95. The van der Waals surface area contributed by atoms with Crippen LogP contribution in [0.2, 0.25) is 0 Å². The minimum absolute atomic E-state index is 0.0764. The van der Waals surface area contributed by atoms with Crippen molar-refractivity contribution >= 4 is 23.5 Å². The summed E-state index contributed by atoms with van der Waals surface area (Å²) in [5, 5.41) is 6.55. The number of anilines is 2. The topological polar surface area (TPSA) is 84.7 Å². The molecule has 27 heavy (non-hydrogen) atoms. The molecule has 0 bridgehead atoms. The lowest BCUT2D eigenvalue weighted by Crippen LogP contribution is -2.21. The van der Waals surface area contributed by atoms with E-state index in [1.807, 2.05) is 36.8 Å². The van der Waals surface area contributed by atoms with E-state index in [-0.39, 0.29) is 5.56 Å². The molecule has 0 spiro atoms. The SMILES string of the molecule is CSc1cnc(NCC(C)CNc2ccc(-n3ccccc3=O)cn2)nc1. The fourth-order valence-electron chi connectivity index (χ4n) is 2.40. The summed E-state index contributed by atoms with van der Waals surface area (Å²) in [6.07, 6.45) is 9.04. The summed E-state index contributed by atoms with van der Waals surface area (Å²) in [4.78, 5) is 25.8. The average molecular weight is 382 g/mol. The van der Waals surface area contributed by atoms with Gasteiger partial charge < -0.3 is 10.6 Å². The zero-order valence-electron chi connectivity index (χ0n) is 15.3. The van der Waals surface area contributed by atoms with Crippen molar-refractivity contribution in [2.24, 2.45) is 5.92 Å². The number of nitrogens with zero attached hydrogens (tertiary/aromatic N) is 4. The predicted molar refractivity (Wildman–Crippen MR) is 110 cm³/mol. The van der Waals surface area contributed by atoms with E-state index in [2.05, 4.69) is 32.5 Å². The Morgan fingerprint density at radius 3 is 2.48 bits per heavy atom. The van der Waals surface area contributed by atoms with Crippen LogP contribution in [0.1, 0.15) is 6.92 Å². The minimum atomic E-state index is -0.0764. The third kappa shape index (κ3) is 5.30. The fourth-order valence-corrected chi connectivity index (χ4v) is 2.72. The van der Waals surface area contributed by atoms with Crippen LogP contribution < -0.4 is 16.2 Å². The van der Waals surface area contributed by atoms with E-state index in [1.54, 1.807) is 34.8 Å². The summed E-state index contributed by atoms with van der Waals surface area (Å²) >= 11 is 1.62. The quantitative estimate of drug-likeness (QED) is 0.580. The molecule has 0 saturated heterocycles. The van der Waals surface area contributed by atoms with Crippen LogP contribution in [0.15, 0.2) is 64.8 Å².